The summed E-state index contributed by atoms with van der Waals surface area (Å²) in [5.41, 5.74) is 7.14. The van der Waals surface area contributed by atoms with Crippen molar-refractivity contribution in [3.8, 4) is 0 Å². The van der Waals surface area contributed by atoms with E-state index >= 15 is 0 Å². The lowest BCUT2D eigenvalue weighted by atomic mass is 9.96. The topological polar surface area (TPSA) is 84.2 Å². The zero-order chi connectivity index (χ0) is 16.0. The van der Waals surface area contributed by atoms with Crippen LogP contribution in [0.5, 0.6) is 0 Å². The lowest BCUT2D eigenvalue weighted by Gasteiger charge is -2.23. The minimum Gasteiger partial charge on any atom is -0.352 e. The molecule has 5 nitrogen and oxygen atoms in total. The summed E-state index contributed by atoms with van der Waals surface area (Å²) in [7, 11) is 0. The summed E-state index contributed by atoms with van der Waals surface area (Å²) in [6, 6.07) is 5.23. The Morgan fingerprint density at radius 2 is 1.91 bits per heavy atom. The van der Waals surface area contributed by atoms with Crippen LogP contribution in [0.25, 0.3) is 0 Å². The van der Waals surface area contributed by atoms with Gasteiger partial charge in [0.25, 0.3) is 5.91 Å². The predicted octanol–water partition coefficient (Wildman–Crippen LogP) is 2.62. The average molecular weight is 328 g/mol. The minimum atomic E-state index is -0.914. The van der Waals surface area contributed by atoms with Gasteiger partial charge in [-0.25, -0.2) is 0 Å². The van der Waals surface area contributed by atoms with Gasteiger partial charge < -0.3 is 16.4 Å². The van der Waals surface area contributed by atoms with Gasteiger partial charge in [-0.1, -0.05) is 19.4 Å². The molecule has 0 aliphatic heterocycles. The highest BCUT2D eigenvalue weighted by Gasteiger charge is 2.27. The molecule has 1 unspecified atom stereocenters. The molecule has 1 aromatic carbocycles. The average Bonchev–Trinajstić information content (AvgIpc) is 2.41. The Hall–Kier alpha value is -1.59. The van der Waals surface area contributed by atoms with Crippen molar-refractivity contribution in [2.24, 2.45) is 5.73 Å². The van der Waals surface area contributed by atoms with Crippen LogP contribution in [-0.4, -0.2) is 23.9 Å². The van der Waals surface area contributed by atoms with Crippen molar-refractivity contribution in [3.63, 3.8) is 0 Å². The Labute approximate surface area is 138 Å². The Morgan fingerprint density at radius 1 is 1.27 bits per heavy atom. The maximum absolute atomic E-state index is 12.2. The molecule has 1 rings (SSSR count). The van der Waals surface area contributed by atoms with Gasteiger partial charge in [-0.3, -0.25) is 9.59 Å². The van der Waals surface area contributed by atoms with E-state index in [1.54, 1.807) is 19.1 Å². The first-order chi connectivity index (χ1) is 9.81. The molecule has 0 aliphatic carbocycles. The Bertz CT molecular complexity index is 530. The molecular formula is C16H26ClN3O2. The molecular weight excluding hydrogens is 302 g/mol. The molecule has 124 valence electrons. The first-order valence-electron chi connectivity index (χ1n) is 7.31. The van der Waals surface area contributed by atoms with Gasteiger partial charge in [0.05, 0.1) is 5.54 Å². The first-order valence-corrected chi connectivity index (χ1v) is 7.31. The monoisotopic (exact) mass is 327 g/mol. The standard InChI is InChI=1S/C16H25N3O2.ClH/c1-5-9-16(4,17)15(21)19-13-10-12(8-7-11(13)3)14(20)18-6-2;/h7-8,10H,5-6,9,17H2,1-4H3,(H,18,20)(H,19,21);1H. The Morgan fingerprint density at radius 3 is 2.45 bits per heavy atom. The van der Waals surface area contributed by atoms with Crippen molar-refractivity contribution in [1.29, 1.82) is 0 Å². The molecule has 0 aromatic heterocycles. The molecule has 1 atom stereocenters. The lowest BCUT2D eigenvalue weighted by molar-refractivity contribution is -0.120. The summed E-state index contributed by atoms with van der Waals surface area (Å²) < 4.78 is 0. The fraction of sp³-hybridized carbons (Fsp3) is 0.500. The Kier molecular flexibility index (Phi) is 8.12. The number of carbonyl (C=O) groups excluding carboxylic acids is 2. The third-order valence-corrected chi connectivity index (χ3v) is 3.37. The largest absolute Gasteiger partial charge is 0.352 e. The van der Waals surface area contributed by atoms with Gasteiger partial charge >= 0.3 is 0 Å². The molecule has 2 amide bonds. The fourth-order valence-electron chi connectivity index (χ4n) is 2.06. The number of nitrogens with one attached hydrogen (secondary N) is 2. The van der Waals surface area contributed by atoms with E-state index < -0.39 is 5.54 Å². The maximum Gasteiger partial charge on any atom is 0.251 e. The SMILES string of the molecule is CCCC(C)(N)C(=O)Nc1cc(C(=O)NCC)ccc1C.Cl. The van der Waals surface area contributed by atoms with Gasteiger partial charge in [-0.15, -0.1) is 12.4 Å². The molecule has 22 heavy (non-hydrogen) atoms. The quantitative estimate of drug-likeness (QED) is 0.751. The molecule has 0 spiro atoms. The van der Waals surface area contributed by atoms with Crippen molar-refractivity contribution in [3.05, 3.63) is 29.3 Å². The molecule has 0 fully saturated rings. The van der Waals surface area contributed by atoms with Crippen molar-refractivity contribution >= 4 is 29.9 Å². The highest BCUT2D eigenvalue weighted by atomic mass is 35.5. The number of hydrogen-bond acceptors (Lipinski definition) is 3. The molecule has 4 N–H and O–H groups in total. The summed E-state index contributed by atoms with van der Waals surface area (Å²) in [4.78, 5) is 24.1. The minimum absolute atomic E-state index is 0. The normalized spacial score (nSPS) is 12.8. The molecule has 0 bridgehead atoms. The van der Waals surface area contributed by atoms with Crippen molar-refractivity contribution in [1.82, 2.24) is 5.32 Å². The third kappa shape index (κ3) is 5.31. The molecule has 0 heterocycles. The first kappa shape index (κ1) is 20.4. The molecule has 0 saturated carbocycles. The van der Waals surface area contributed by atoms with Gasteiger partial charge in [-0.2, -0.15) is 0 Å². The van der Waals surface area contributed by atoms with Gasteiger partial charge in [0.2, 0.25) is 5.91 Å². The number of rotatable bonds is 6. The van der Waals surface area contributed by atoms with Gasteiger partial charge in [-0.05, 0) is 44.9 Å². The summed E-state index contributed by atoms with van der Waals surface area (Å²) in [5.74, 6) is -0.391. The van der Waals surface area contributed by atoms with E-state index in [1.165, 1.54) is 0 Å². The van der Waals surface area contributed by atoms with Crippen LogP contribution >= 0.6 is 12.4 Å². The number of anilines is 1. The van der Waals surface area contributed by atoms with Crippen LogP contribution in [0, 0.1) is 6.92 Å². The number of nitrogens with two attached hydrogens (primary N) is 1. The summed E-state index contributed by atoms with van der Waals surface area (Å²) in [5, 5.41) is 5.56. The van der Waals surface area contributed by atoms with Crippen LogP contribution < -0.4 is 16.4 Å². The van der Waals surface area contributed by atoms with E-state index in [2.05, 4.69) is 10.6 Å². The second-order valence-corrected chi connectivity index (χ2v) is 5.51. The molecule has 0 saturated heterocycles. The number of aryl methyl sites for hydroxylation is 1. The molecule has 1 aromatic rings. The molecule has 6 heteroatoms. The van der Waals surface area contributed by atoms with Crippen LogP contribution in [0.3, 0.4) is 0 Å². The van der Waals surface area contributed by atoms with Crippen molar-refractivity contribution in [2.45, 2.75) is 46.1 Å². The molecule has 0 radical (unpaired) electrons. The van der Waals surface area contributed by atoms with Gasteiger partial charge in [0.1, 0.15) is 0 Å². The van der Waals surface area contributed by atoms with Gasteiger partial charge in [0.15, 0.2) is 0 Å². The summed E-state index contributed by atoms with van der Waals surface area (Å²) in [6.07, 6.45) is 1.44. The van der Waals surface area contributed by atoms with Crippen LogP contribution in [0.2, 0.25) is 0 Å². The van der Waals surface area contributed by atoms with E-state index in [0.717, 1.165) is 12.0 Å². The predicted molar refractivity (Wildman–Crippen MR) is 92.6 cm³/mol. The third-order valence-electron chi connectivity index (χ3n) is 3.37. The van der Waals surface area contributed by atoms with Crippen LogP contribution in [0.4, 0.5) is 5.69 Å². The van der Waals surface area contributed by atoms with E-state index in [4.69, 9.17) is 5.73 Å². The highest BCUT2D eigenvalue weighted by Crippen LogP contribution is 2.19. The van der Waals surface area contributed by atoms with Crippen molar-refractivity contribution in [2.75, 3.05) is 11.9 Å². The number of halogens is 1. The number of hydrogen-bond donors (Lipinski definition) is 3. The van der Waals surface area contributed by atoms with E-state index in [9.17, 15) is 9.59 Å². The lowest BCUT2D eigenvalue weighted by Crippen LogP contribution is -2.48. The summed E-state index contributed by atoms with van der Waals surface area (Å²) in [6.45, 7) is 8.00. The van der Waals surface area contributed by atoms with Crippen LogP contribution in [0.15, 0.2) is 18.2 Å². The van der Waals surface area contributed by atoms with Crippen molar-refractivity contribution < 1.29 is 9.59 Å². The zero-order valence-electron chi connectivity index (χ0n) is 13.7. The molecule has 0 aliphatic rings. The van der Waals surface area contributed by atoms with Crippen LogP contribution in [-0.2, 0) is 4.79 Å². The van der Waals surface area contributed by atoms with E-state index in [1.807, 2.05) is 26.8 Å². The number of amides is 2. The second kappa shape index (κ2) is 8.76. The zero-order valence-corrected chi connectivity index (χ0v) is 14.5. The summed E-state index contributed by atoms with van der Waals surface area (Å²) >= 11 is 0. The Balaban J connectivity index is 0.00000441. The number of carbonyl (C=O) groups is 2. The van der Waals surface area contributed by atoms with Crippen LogP contribution in [0.1, 0.15) is 49.5 Å². The fourth-order valence-corrected chi connectivity index (χ4v) is 2.06. The number of benzene rings is 1. The van der Waals surface area contributed by atoms with E-state index in [-0.39, 0.29) is 24.2 Å². The smallest absolute Gasteiger partial charge is 0.251 e. The van der Waals surface area contributed by atoms with Gasteiger partial charge in [0, 0.05) is 17.8 Å². The van der Waals surface area contributed by atoms with E-state index in [0.29, 0.717) is 24.2 Å². The highest BCUT2D eigenvalue weighted by molar-refractivity contribution is 6.00. The maximum atomic E-state index is 12.2. The second-order valence-electron chi connectivity index (χ2n) is 5.51.